The van der Waals surface area contributed by atoms with E-state index in [2.05, 4.69) is 28.9 Å². The van der Waals surface area contributed by atoms with Crippen LogP contribution in [0.25, 0.3) is 0 Å². The van der Waals surface area contributed by atoms with Gasteiger partial charge in [-0.25, -0.2) is 0 Å². The maximum Gasteiger partial charge on any atom is 0.0594 e. The third kappa shape index (κ3) is 2.11. The highest BCUT2D eigenvalue weighted by Crippen LogP contribution is 2.19. The molecule has 0 radical (unpaired) electrons. The van der Waals surface area contributed by atoms with Crippen LogP contribution in [0.2, 0.25) is 0 Å². The molecule has 1 fully saturated rings. The first-order valence-corrected chi connectivity index (χ1v) is 5.09. The van der Waals surface area contributed by atoms with Crippen molar-refractivity contribution < 1.29 is 4.74 Å². The summed E-state index contributed by atoms with van der Waals surface area (Å²) in [7, 11) is 0. The maximum atomic E-state index is 5.33. The molecule has 3 nitrogen and oxygen atoms in total. The summed E-state index contributed by atoms with van der Waals surface area (Å²) in [5, 5.41) is 0. The van der Waals surface area contributed by atoms with Crippen LogP contribution in [0, 0.1) is 0 Å². The molecule has 0 saturated carbocycles. The minimum Gasteiger partial charge on any atom is -0.379 e. The number of rotatable bonds is 2. The lowest BCUT2D eigenvalue weighted by molar-refractivity contribution is 0.0198. The first-order valence-electron chi connectivity index (χ1n) is 5.09. The standard InChI is InChI=1S/C11H16N2O/c1-10(11-2-4-12-5-3-11)13-6-8-14-9-7-13/h2-5,10H,6-9H2,1H3. The van der Waals surface area contributed by atoms with Crippen LogP contribution in [0.5, 0.6) is 0 Å². The SMILES string of the molecule is CC(c1ccncc1)N1CCOCC1. The maximum absolute atomic E-state index is 5.33. The Morgan fingerprint density at radius 1 is 1.29 bits per heavy atom. The Hall–Kier alpha value is -0.930. The Balaban J connectivity index is 2.03. The molecule has 3 heteroatoms. The second-order valence-electron chi connectivity index (χ2n) is 3.60. The molecule has 1 aromatic heterocycles. The smallest absolute Gasteiger partial charge is 0.0594 e. The summed E-state index contributed by atoms with van der Waals surface area (Å²) < 4.78 is 5.33. The molecule has 1 unspecified atom stereocenters. The Labute approximate surface area is 84.7 Å². The molecule has 14 heavy (non-hydrogen) atoms. The number of hydrogen-bond acceptors (Lipinski definition) is 3. The number of morpholine rings is 1. The number of hydrogen-bond donors (Lipinski definition) is 0. The van der Waals surface area contributed by atoms with E-state index in [4.69, 9.17) is 4.74 Å². The van der Waals surface area contributed by atoms with Crippen molar-refractivity contribution in [1.29, 1.82) is 0 Å². The molecule has 76 valence electrons. The molecule has 1 saturated heterocycles. The van der Waals surface area contributed by atoms with Gasteiger partial charge in [-0.15, -0.1) is 0 Å². The zero-order valence-corrected chi connectivity index (χ0v) is 8.52. The lowest BCUT2D eigenvalue weighted by Crippen LogP contribution is -2.37. The predicted molar refractivity (Wildman–Crippen MR) is 55.0 cm³/mol. The van der Waals surface area contributed by atoms with Crippen molar-refractivity contribution in [1.82, 2.24) is 9.88 Å². The van der Waals surface area contributed by atoms with Crippen LogP contribution in [0.4, 0.5) is 0 Å². The molecule has 0 amide bonds. The van der Waals surface area contributed by atoms with E-state index in [0.29, 0.717) is 6.04 Å². The van der Waals surface area contributed by atoms with E-state index in [1.807, 2.05) is 12.4 Å². The molecule has 1 aromatic rings. The van der Waals surface area contributed by atoms with Gasteiger partial charge in [0.05, 0.1) is 13.2 Å². The molecule has 1 atom stereocenters. The van der Waals surface area contributed by atoms with Gasteiger partial charge in [-0.05, 0) is 24.6 Å². The first-order chi connectivity index (χ1) is 6.88. The molecule has 1 aliphatic rings. The highest BCUT2D eigenvalue weighted by Gasteiger charge is 2.17. The highest BCUT2D eigenvalue weighted by atomic mass is 16.5. The van der Waals surface area contributed by atoms with E-state index in [0.717, 1.165) is 26.3 Å². The largest absolute Gasteiger partial charge is 0.379 e. The van der Waals surface area contributed by atoms with Crippen molar-refractivity contribution in [2.24, 2.45) is 0 Å². The van der Waals surface area contributed by atoms with Crippen LogP contribution in [-0.4, -0.2) is 36.2 Å². The van der Waals surface area contributed by atoms with Gasteiger partial charge >= 0.3 is 0 Å². The van der Waals surface area contributed by atoms with Crippen LogP contribution in [0.15, 0.2) is 24.5 Å². The Morgan fingerprint density at radius 2 is 1.93 bits per heavy atom. The average molecular weight is 192 g/mol. The summed E-state index contributed by atoms with van der Waals surface area (Å²) in [5.41, 5.74) is 1.34. The van der Waals surface area contributed by atoms with Crippen molar-refractivity contribution in [3.8, 4) is 0 Å². The van der Waals surface area contributed by atoms with Gasteiger partial charge in [0.15, 0.2) is 0 Å². The zero-order chi connectivity index (χ0) is 9.80. The minimum absolute atomic E-state index is 0.474. The lowest BCUT2D eigenvalue weighted by Gasteiger charge is -2.32. The Morgan fingerprint density at radius 3 is 2.57 bits per heavy atom. The number of ether oxygens (including phenoxy) is 1. The molecule has 0 N–H and O–H groups in total. The van der Waals surface area contributed by atoms with Gasteiger partial charge in [0, 0.05) is 31.5 Å². The molecule has 0 bridgehead atoms. The van der Waals surface area contributed by atoms with Gasteiger partial charge in [0.2, 0.25) is 0 Å². The van der Waals surface area contributed by atoms with Crippen molar-refractivity contribution in [3.05, 3.63) is 30.1 Å². The van der Waals surface area contributed by atoms with Crippen LogP contribution in [0.3, 0.4) is 0 Å². The first kappa shape index (κ1) is 9.62. The Bertz CT molecular complexity index is 270. The summed E-state index contributed by atoms with van der Waals surface area (Å²) in [6, 6.07) is 4.64. The second kappa shape index (κ2) is 4.53. The normalized spacial score (nSPS) is 20.6. The predicted octanol–water partition coefficient (Wildman–Crippen LogP) is 1.47. The van der Waals surface area contributed by atoms with Gasteiger partial charge in [0.25, 0.3) is 0 Å². The van der Waals surface area contributed by atoms with Gasteiger partial charge < -0.3 is 4.74 Å². The summed E-state index contributed by atoms with van der Waals surface area (Å²) in [6.07, 6.45) is 3.71. The van der Waals surface area contributed by atoms with E-state index in [-0.39, 0.29) is 0 Å². The summed E-state index contributed by atoms with van der Waals surface area (Å²) in [4.78, 5) is 6.47. The van der Waals surface area contributed by atoms with Gasteiger partial charge in [-0.3, -0.25) is 9.88 Å². The molecule has 2 rings (SSSR count). The number of nitrogens with zero attached hydrogens (tertiary/aromatic N) is 2. The fraction of sp³-hybridized carbons (Fsp3) is 0.545. The van der Waals surface area contributed by atoms with Crippen LogP contribution in [-0.2, 0) is 4.74 Å². The van der Waals surface area contributed by atoms with E-state index in [1.165, 1.54) is 5.56 Å². The number of aromatic nitrogens is 1. The average Bonchev–Trinajstić information content (AvgIpc) is 2.30. The summed E-state index contributed by atoms with van der Waals surface area (Å²) in [5.74, 6) is 0. The van der Waals surface area contributed by atoms with E-state index in [1.54, 1.807) is 0 Å². The third-order valence-corrected chi connectivity index (χ3v) is 2.78. The van der Waals surface area contributed by atoms with E-state index < -0.39 is 0 Å². The molecular formula is C11H16N2O. The van der Waals surface area contributed by atoms with Gasteiger partial charge in [-0.2, -0.15) is 0 Å². The molecule has 1 aliphatic heterocycles. The van der Waals surface area contributed by atoms with E-state index >= 15 is 0 Å². The van der Waals surface area contributed by atoms with Crippen molar-refractivity contribution in [2.75, 3.05) is 26.3 Å². The highest BCUT2D eigenvalue weighted by molar-refractivity contribution is 5.14. The van der Waals surface area contributed by atoms with E-state index in [9.17, 15) is 0 Å². The molecule has 0 aromatic carbocycles. The second-order valence-corrected chi connectivity index (χ2v) is 3.60. The fourth-order valence-electron chi connectivity index (χ4n) is 1.82. The molecule has 0 spiro atoms. The van der Waals surface area contributed by atoms with Crippen molar-refractivity contribution in [2.45, 2.75) is 13.0 Å². The van der Waals surface area contributed by atoms with Crippen LogP contribution < -0.4 is 0 Å². The minimum atomic E-state index is 0.474. The zero-order valence-electron chi connectivity index (χ0n) is 8.52. The van der Waals surface area contributed by atoms with Gasteiger partial charge in [0.1, 0.15) is 0 Å². The number of pyridine rings is 1. The summed E-state index contributed by atoms with van der Waals surface area (Å²) >= 11 is 0. The quantitative estimate of drug-likeness (QED) is 0.709. The molecule has 2 heterocycles. The van der Waals surface area contributed by atoms with Crippen LogP contribution >= 0.6 is 0 Å². The molecule has 0 aliphatic carbocycles. The van der Waals surface area contributed by atoms with Gasteiger partial charge in [-0.1, -0.05) is 0 Å². The topological polar surface area (TPSA) is 25.4 Å². The lowest BCUT2D eigenvalue weighted by atomic mass is 10.1. The summed E-state index contributed by atoms with van der Waals surface area (Å²) in [6.45, 7) is 6.01. The van der Waals surface area contributed by atoms with Crippen molar-refractivity contribution >= 4 is 0 Å². The van der Waals surface area contributed by atoms with Crippen molar-refractivity contribution in [3.63, 3.8) is 0 Å². The fourth-order valence-corrected chi connectivity index (χ4v) is 1.82. The monoisotopic (exact) mass is 192 g/mol. The third-order valence-electron chi connectivity index (χ3n) is 2.78. The molecular weight excluding hydrogens is 176 g/mol. The Kier molecular flexibility index (Phi) is 3.11. The van der Waals surface area contributed by atoms with Crippen LogP contribution in [0.1, 0.15) is 18.5 Å².